The summed E-state index contributed by atoms with van der Waals surface area (Å²) >= 11 is 0. The molecule has 14 heteroatoms. The number of nitrogens with two attached hydrogens (primary N) is 1. The molecule has 0 unspecified atom stereocenters. The third kappa shape index (κ3) is 4.51. The van der Waals surface area contributed by atoms with Crippen molar-refractivity contribution in [1.29, 1.82) is 0 Å². The first-order valence-electron chi connectivity index (χ1n) is 9.34. The fraction of sp³-hybridized carbons (Fsp3) is 0.211. The van der Waals surface area contributed by atoms with Crippen LogP contribution in [0.2, 0.25) is 0 Å². The molecule has 3 rings (SSSR count). The van der Waals surface area contributed by atoms with E-state index in [9.17, 15) is 35.8 Å². The average Bonchev–Trinajstić information content (AvgIpc) is 2.72. The van der Waals surface area contributed by atoms with Crippen molar-refractivity contribution in [3.63, 3.8) is 0 Å². The van der Waals surface area contributed by atoms with E-state index in [0.29, 0.717) is 0 Å². The van der Waals surface area contributed by atoms with Gasteiger partial charge in [0.2, 0.25) is 5.88 Å². The number of azo groups is 1. The Morgan fingerprint density at radius 1 is 0.939 bits per heavy atom. The highest BCUT2D eigenvalue weighted by Crippen LogP contribution is 2.37. The monoisotopic (exact) mass is 496 g/mol. The zero-order valence-corrected chi connectivity index (χ0v) is 19.1. The van der Waals surface area contributed by atoms with Crippen molar-refractivity contribution >= 4 is 42.4 Å². The van der Waals surface area contributed by atoms with Crippen LogP contribution < -0.4 is 11.3 Å². The van der Waals surface area contributed by atoms with Crippen LogP contribution in [-0.4, -0.2) is 42.2 Å². The molecule has 0 atom stereocenters. The molecule has 0 aliphatic carbocycles. The Balaban J connectivity index is 2.32. The number of aromatic nitrogens is 1. The van der Waals surface area contributed by atoms with Crippen LogP contribution in [0.15, 0.2) is 55.1 Å². The molecule has 12 nitrogen and oxygen atoms in total. The van der Waals surface area contributed by atoms with Gasteiger partial charge in [0.15, 0.2) is 0 Å². The molecule has 0 amide bonds. The lowest BCUT2D eigenvalue weighted by atomic mass is 10.1. The van der Waals surface area contributed by atoms with Crippen molar-refractivity contribution in [1.82, 2.24) is 4.57 Å². The van der Waals surface area contributed by atoms with E-state index in [1.165, 1.54) is 32.0 Å². The molecule has 1 aromatic heterocycles. The minimum absolute atomic E-state index is 0.00103. The van der Waals surface area contributed by atoms with E-state index in [4.69, 9.17) is 5.73 Å². The molecule has 0 fully saturated rings. The molecule has 0 aliphatic rings. The van der Waals surface area contributed by atoms with Gasteiger partial charge < -0.3 is 10.8 Å². The molecule has 1 heterocycles. The lowest BCUT2D eigenvalue weighted by molar-refractivity contribution is 0.408. The molecule has 176 valence electrons. The standard InChI is InChI=1S/C19H20N4O8S2/c1-10-11(2)18(24)23(9-8-20)19(25)16(10)22-21-14-7-6-12-13(17(14)33(29,30)31)4-3-5-15(12)32(26,27)28/h3-7,25H,8-9,20H2,1-2H3,(H,26,27,28)(H,29,30,31). The van der Waals surface area contributed by atoms with Crippen molar-refractivity contribution in [3.05, 3.63) is 51.8 Å². The van der Waals surface area contributed by atoms with E-state index in [1.807, 2.05) is 0 Å². The lowest BCUT2D eigenvalue weighted by Crippen LogP contribution is -2.26. The number of pyridine rings is 1. The van der Waals surface area contributed by atoms with E-state index >= 15 is 0 Å². The van der Waals surface area contributed by atoms with Crippen molar-refractivity contribution < 1.29 is 31.0 Å². The number of fused-ring (bicyclic) bond motifs is 1. The molecule has 33 heavy (non-hydrogen) atoms. The third-order valence-corrected chi connectivity index (χ3v) is 6.91. The average molecular weight is 497 g/mol. The van der Waals surface area contributed by atoms with Crippen LogP contribution in [0.25, 0.3) is 10.8 Å². The molecule has 0 saturated heterocycles. The molecule has 0 aliphatic heterocycles. The zero-order valence-electron chi connectivity index (χ0n) is 17.4. The fourth-order valence-corrected chi connectivity index (χ4v) is 4.89. The smallest absolute Gasteiger partial charge is 0.297 e. The van der Waals surface area contributed by atoms with Gasteiger partial charge in [-0.2, -0.15) is 16.8 Å². The normalized spacial score (nSPS) is 12.6. The van der Waals surface area contributed by atoms with Crippen molar-refractivity contribution in [2.75, 3.05) is 6.54 Å². The van der Waals surface area contributed by atoms with E-state index in [1.54, 1.807) is 0 Å². The van der Waals surface area contributed by atoms with Crippen LogP contribution in [0.5, 0.6) is 5.88 Å². The van der Waals surface area contributed by atoms with Gasteiger partial charge in [0.05, 0.1) is 0 Å². The maximum Gasteiger partial charge on any atom is 0.297 e. The highest BCUT2D eigenvalue weighted by molar-refractivity contribution is 7.86. The Bertz CT molecular complexity index is 1580. The van der Waals surface area contributed by atoms with Crippen LogP contribution >= 0.6 is 0 Å². The number of hydrogen-bond donors (Lipinski definition) is 4. The van der Waals surface area contributed by atoms with E-state index in [-0.39, 0.29) is 46.4 Å². The largest absolute Gasteiger partial charge is 0.493 e. The molecule has 5 N–H and O–H groups in total. The maximum absolute atomic E-state index is 12.4. The van der Waals surface area contributed by atoms with Gasteiger partial charge in [0, 0.05) is 29.4 Å². The zero-order chi connectivity index (χ0) is 24.7. The van der Waals surface area contributed by atoms with Gasteiger partial charge in [-0.05, 0) is 31.5 Å². The molecule has 0 saturated carbocycles. The highest BCUT2D eigenvalue weighted by atomic mass is 32.2. The van der Waals surface area contributed by atoms with Gasteiger partial charge in [-0.25, -0.2) is 0 Å². The molecule has 0 bridgehead atoms. The Morgan fingerprint density at radius 3 is 2.18 bits per heavy atom. The van der Waals surface area contributed by atoms with Crippen molar-refractivity contribution in [3.8, 4) is 5.88 Å². The van der Waals surface area contributed by atoms with Gasteiger partial charge in [-0.3, -0.25) is 18.5 Å². The SMILES string of the molecule is Cc1c(N=Nc2ccc3c(S(=O)(=O)O)cccc3c2S(=O)(=O)O)c(O)n(CCN)c(=O)c1C. The van der Waals surface area contributed by atoms with Gasteiger partial charge in [-0.15, -0.1) is 10.2 Å². The second-order valence-electron chi connectivity index (χ2n) is 7.08. The number of aromatic hydroxyl groups is 1. The van der Waals surface area contributed by atoms with E-state index < -0.39 is 41.5 Å². The van der Waals surface area contributed by atoms with Crippen LogP contribution in [0.4, 0.5) is 11.4 Å². The summed E-state index contributed by atoms with van der Waals surface area (Å²) in [6, 6.07) is 5.74. The number of rotatable bonds is 6. The van der Waals surface area contributed by atoms with E-state index in [0.717, 1.165) is 16.7 Å². The van der Waals surface area contributed by atoms with Gasteiger partial charge in [0.25, 0.3) is 25.8 Å². The Morgan fingerprint density at radius 2 is 1.61 bits per heavy atom. The fourth-order valence-electron chi connectivity index (χ4n) is 3.36. The van der Waals surface area contributed by atoms with Crippen LogP contribution in [-0.2, 0) is 26.8 Å². The van der Waals surface area contributed by atoms with Gasteiger partial charge in [0.1, 0.15) is 21.2 Å². The Labute approximate surface area is 188 Å². The summed E-state index contributed by atoms with van der Waals surface area (Å²) < 4.78 is 67.9. The number of benzene rings is 2. The van der Waals surface area contributed by atoms with E-state index in [2.05, 4.69) is 10.2 Å². The van der Waals surface area contributed by atoms with Crippen molar-refractivity contribution in [2.24, 2.45) is 16.0 Å². The molecule has 0 radical (unpaired) electrons. The summed E-state index contributed by atoms with van der Waals surface area (Å²) in [4.78, 5) is 11.0. The van der Waals surface area contributed by atoms with Crippen LogP contribution in [0.1, 0.15) is 11.1 Å². The number of nitrogens with zero attached hydrogens (tertiary/aromatic N) is 3. The molecular formula is C19H20N4O8S2. The number of hydrogen-bond acceptors (Lipinski definition) is 9. The van der Waals surface area contributed by atoms with Gasteiger partial charge in [-0.1, -0.05) is 18.2 Å². The summed E-state index contributed by atoms with van der Waals surface area (Å²) in [7, 11) is -9.64. The molecule has 0 spiro atoms. The lowest BCUT2D eigenvalue weighted by Gasteiger charge is -2.13. The molecule has 3 aromatic rings. The summed E-state index contributed by atoms with van der Waals surface area (Å²) in [5, 5.41) is 17.9. The van der Waals surface area contributed by atoms with Gasteiger partial charge >= 0.3 is 0 Å². The predicted molar refractivity (Wildman–Crippen MR) is 119 cm³/mol. The molecular weight excluding hydrogens is 476 g/mol. The second kappa shape index (κ2) is 8.64. The topological polar surface area (TPSA) is 202 Å². The van der Waals surface area contributed by atoms with Crippen LogP contribution in [0.3, 0.4) is 0 Å². The maximum atomic E-state index is 12.4. The minimum Gasteiger partial charge on any atom is -0.493 e. The first kappa shape index (κ1) is 24.5. The minimum atomic E-state index is -4.94. The third-order valence-electron chi connectivity index (χ3n) is 5.05. The predicted octanol–water partition coefficient (Wildman–Crippen LogP) is 2.19. The van der Waals surface area contributed by atoms with Crippen LogP contribution in [0, 0.1) is 13.8 Å². The summed E-state index contributed by atoms with van der Waals surface area (Å²) in [6.07, 6.45) is 0. The Hall–Kier alpha value is -3.17. The summed E-state index contributed by atoms with van der Waals surface area (Å²) in [5.41, 5.74) is 5.08. The first-order valence-corrected chi connectivity index (χ1v) is 12.2. The first-order chi connectivity index (χ1) is 15.3. The Kier molecular flexibility index (Phi) is 6.41. The van der Waals surface area contributed by atoms with Crippen molar-refractivity contribution in [2.45, 2.75) is 30.2 Å². The summed E-state index contributed by atoms with van der Waals surface area (Å²) in [5.74, 6) is -0.528. The quantitative estimate of drug-likeness (QED) is 0.291. The highest BCUT2D eigenvalue weighted by Gasteiger charge is 2.24. The molecule has 2 aromatic carbocycles. The summed E-state index contributed by atoms with van der Waals surface area (Å²) in [6.45, 7) is 3.08. The second-order valence-corrected chi connectivity index (χ2v) is 9.83.